The monoisotopic (exact) mass is 399 g/mol. The summed E-state index contributed by atoms with van der Waals surface area (Å²) in [5.41, 5.74) is 2.54. The van der Waals surface area contributed by atoms with Gasteiger partial charge in [-0.25, -0.2) is 8.42 Å². The average Bonchev–Trinajstić information content (AvgIpc) is 3.13. The van der Waals surface area contributed by atoms with Gasteiger partial charge in [0.15, 0.2) is 9.84 Å². The summed E-state index contributed by atoms with van der Waals surface area (Å²) < 4.78 is 29.5. The first-order chi connectivity index (χ1) is 13.0. The molecule has 27 heavy (non-hydrogen) atoms. The fourth-order valence-electron chi connectivity index (χ4n) is 2.92. The average molecular weight is 399 g/mol. The Morgan fingerprint density at radius 3 is 2.63 bits per heavy atom. The molecule has 0 saturated heterocycles. The third-order valence-electron chi connectivity index (χ3n) is 4.40. The molecule has 0 radical (unpaired) electrons. The van der Waals surface area contributed by atoms with Gasteiger partial charge in [0.05, 0.1) is 15.5 Å². The second kappa shape index (κ2) is 6.83. The van der Waals surface area contributed by atoms with Crippen LogP contribution in [0.5, 0.6) is 5.75 Å². The molecular weight excluding hydrogens is 382 g/mol. The van der Waals surface area contributed by atoms with Crippen molar-refractivity contribution < 1.29 is 17.9 Å². The summed E-state index contributed by atoms with van der Waals surface area (Å²) >= 11 is 1.43. The van der Waals surface area contributed by atoms with Crippen molar-refractivity contribution in [2.45, 2.75) is 18.4 Å². The van der Waals surface area contributed by atoms with Crippen molar-refractivity contribution in [3.8, 4) is 16.2 Å². The van der Waals surface area contributed by atoms with E-state index in [9.17, 15) is 13.2 Å². The van der Waals surface area contributed by atoms with Gasteiger partial charge in [0.1, 0.15) is 12.4 Å². The van der Waals surface area contributed by atoms with Crippen molar-refractivity contribution in [1.29, 1.82) is 0 Å². The highest BCUT2D eigenvalue weighted by molar-refractivity contribution is 7.91. The Hall–Kier alpha value is -2.64. The number of benzene rings is 2. The molecule has 3 aromatic rings. The molecule has 0 spiro atoms. The van der Waals surface area contributed by atoms with E-state index in [2.05, 4.69) is 5.32 Å². The fourth-order valence-corrected chi connectivity index (χ4v) is 4.89. The minimum atomic E-state index is -3.25. The van der Waals surface area contributed by atoms with Crippen LogP contribution in [-0.2, 0) is 16.4 Å². The van der Waals surface area contributed by atoms with E-state index in [1.54, 1.807) is 19.1 Å². The summed E-state index contributed by atoms with van der Waals surface area (Å²) in [4.78, 5) is 14.5. The van der Waals surface area contributed by atoms with E-state index in [4.69, 9.17) is 4.74 Å². The molecule has 4 rings (SSSR count). The number of hydrogen-bond donors (Lipinski definition) is 1. The Morgan fingerprint density at radius 2 is 1.89 bits per heavy atom. The summed E-state index contributed by atoms with van der Waals surface area (Å²) in [5, 5.41) is 2.82. The number of rotatable bonds is 4. The van der Waals surface area contributed by atoms with E-state index in [-0.39, 0.29) is 16.6 Å². The lowest BCUT2D eigenvalue weighted by molar-refractivity contribution is 0.103. The zero-order chi connectivity index (χ0) is 19.0. The molecule has 2 aromatic carbocycles. The molecule has 7 heteroatoms. The highest BCUT2D eigenvalue weighted by Crippen LogP contribution is 2.42. The number of amides is 1. The highest BCUT2D eigenvalue weighted by Gasteiger charge is 2.22. The molecule has 0 fully saturated rings. The van der Waals surface area contributed by atoms with Crippen molar-refractivity contribution in [2.24, 2.45) is 0 Å². The minimum Gasteiger partial charge on any atom is -0.488 e. The van der Waals surface area contributed by atoms with Gasteiger partial charge in [-0.15, -0.1) is 11.3 Å². The number of nitrogens with one attached hydrogen (secondary N) is 1. The van der Waals surface area contributed by atoms with E-state index in [1.807, 2.05) is 30.3 Å². The molecule has 1 aliphatic rings. The van der Waals surface area contributed by atoms with Gasteiger partial charge < -0.3 is 10.1 Å². The molecule has 2 heterocycles. The lowest BCUT2D eigenvalue weighted by Gasteiger charge is -2.16. The van der Waals surface area contributed by atoms with Crippen molar-refractivity contribution in [2.75, 3.05) is 11.1 Å². The maximum atomic E-state index is 12.6. The molecule has 0 unspecified atom stereocenters. The van der Waals surface area contributed by atoms with Crippen LogP contribution in [0.4, 0.5) is 5.69 Å². The van der Waals surface area contributed by atoms with Gasteiger partial charge in [-0.3, -0.25) is 4.79 Å². The van der Waals surface area contributed by atoms with Gasteiger partial charge in [-0.05, 0) is 42.5 Å². The van der Waals surface area contributed by atoms with E-state index in [1.165, 1.54) is 23.5 Å². The van der Waals surface area contributed by atoms with Gasteiger partial charge in [-0.2, -0.15) is 0 Å². The van der Waals surface area contributed by atoms with E-state index in [0.29, 0.717) is 17.2 Å². The number of para-hydroxylation sites is 1. The summed E-state index contributed by atoms with van der Waals surface area (Å²) in [6.07, 6.45) is 0. The van der Waals surface area contributed by atoms with Crippen LogP contribution in [0, 0.1) is 0 Å². The first-order valence-electron chi connectivity index (χ1n) is 8.47. The third-order valence-corrected chi connectivity index (χ3v) is 7.36. The lowest BCUT2D eigenvalue weighted by Crippen LogP contribution is -2.10. The van der Waals surface area contributed by atoms with Crippen LogP contribution in [0.15, 0.2) is 59.5 Å². The first-order valence-corrected chi connectivity index (χ1v) is 10.9. The number of anilines is 1. The Bertz CT molecular complexity index is 1120. The van der Waals surface area contributed by atoms with Gasteiger partial charge >= 0.3 is 0 Å². The maximum Gasteiger partial charge on any atom is 0.265 e. The Balaban J connectivity index is 1.56. The molecule has 5 nitrogen and oxygen atoms in total. The lowest BCUT2D eigenvalue weighted by atomic mass is 10.1. The second-order valence-corrected chi connectivity index (χ2v) is 9.46. The molecule has 1 aliphatic heterocycles. The van der Waals surface area contributed by atoms with Crippen LogP contribution < -0.4 is 10.1 Å². The van der Waals surface area contributed by atoms with Crippen molar-refractivity contribution in [3.63, 3.8) is 0 Å². The van der Waals surface area contributed by atoms with Crippen LogP contribution in [0.3, 0.4) is 0 Å². The zero-order valence-electron chi connectivity index (χ0n) is 14.6. The molecule has 1 N–H and O–H groups in total. The number of carbonyl (C=O) groups is 1. The summed E-state index contributed by atoms with van der Waals surface area (Å²) in [6.45, 7) is 2.05. The van der Waals surface area contributed by atoms with Crippen LogP contribution in [0.1, 0.15) is 22.2 Å². The Morgan fingerprint density at radius 1 is 1.15 bits per heavy atom. The smallest absolute Gasteiger partial charge is 0.265 e. The van der Waals surface area contributed by atoms with Gasteiger partial charge in [0.2, 0.25) is 0 Å². The third kappa shape index (κ3) is 3.36. The first kappa shape index (κ1) is 17.8. The molecule has 1 aromatic heterocycles. The van der Waals surface area contributed by atoms with Gasteiger partial charge in [0, 0.05) is 21.7 Å². The zero-order valence-corrected chi connectivity index (χ0v) is 16.2. The standard InChI is InChI=1S/C20H17NO4S2/c1-2-27(23,24)15-9-7-14(8-10-15)21-20(22)18-11-13-12-25-17-6-4-3-5-16(17)19(13)26-18/h3-11H,2,12H2,1H3,(H,21,22). The minimum absolute atomic E-state index is 0.0446. The van der Waals surface area contributed by atoms with E-state index >= 15 is 0 Å². The quantitative estimate of drug-likeness (QED) is 0.708. The van der Waals surface area contributed by atoms with E-state index in [0.717, 1.165) is 21.8 Å². The summed E-state index contributed by atoms with van der Waals surface area (Å²) in [7, 11) is -3.25. The summed E-state index contributed by atoms with van der Waals surface area (Å²) in [6, 6.07) is 15.9. The van der Waals surface area contributed by atoms with Crippen LogP contribution in [0.2, 0.25) is 0 Å². The number of thiophene rings is 1. The molecule has 138 valence electrons. The van der Waals surface area contributed by atoms with Crippen LogP contribution >= 0.6 is 11.3 Å². The van der Waals surface area contributed by atoms with Crippen LogP contribution in [0.25, 0.3) is 10.4 Å². The van der Waals surface area contributed by atoms with Crippen molar-refractivity contribution in [1.82, 2.24) is 0 Å². The van der Waals surface area contributed by atoms with Gasteiger partial charge in [-0.1, -0.05) is 19.1 Å². The second-order valence-electron chi connectivity index (χ2n) is 6.13. The summed E-state index contributed by atoms with van der Waals surface area (Å²) in [5.74, 6) is 0.646. The number of carbonyl (C=O) groups excluding carboxylic acids is 1. The number of ether oxygens (including phenoxy) is 1. The Labute approximate surface area is 161 Å². The fraction of sp³-hybridized carbons (Fsp3) is 0.150. The molecule has 0 bridgehead atoms. The predicted molar refractivity (Wildman–Crippen MR) is 106 cm³/mol. The largest absolute Gasteiger partial charge is 0.488 e. The van der Waals surface area contributed by atoms with Crippen molar-refractivity contribution in [3.05, 3.63) is 65.0 Å². The normalized spacial score (nSPS) is 12.6. The SMILES string of the molecule is CCS(=O)(=O)c1ccc(NC(=O)c2cc3c(s2)-c2ccccc2OC3)cc1. The number of hydrogen-bond acceptors (Lipinski definition) is 5. The predicted octanol–water partition coefficient (Wildman–Crippen LogP) is 4.35. The number of fused-ring (bicyclic) bond motifs is 3. The molecule has 0 saturated carbocycles. The topological polar surface area (TPSA) is 72.5 Å². The highest BCUT2D eigenvalue weighted by atomic mass is 32.2. The number of sulfone groups is 1. The maximum absolute atomic E-state index is 12.6. The molecule has 1 amide bonds. The molecule has 0 atom stereocenters. The molecular formula is C20H17NO4S2. The van der Waals surface area contributed by atoms with E-state index < -0.39 is 9.84 Å². The molecule has 0 aliphatic carbocycles. The Kier molecular flexibility index (Phi) is 4.49. The van der Waals surface area contributed by atoms with Crippen molar-refractivity contribution >= 4 is 32.8 Å². The van der Waals surface area contributed by atoms with Gasteiger partial charge in [0.25, 0.3) is 5.91 Å². The van der Waals surface area contributed by atoms with Crippen LogP contribution in [-0.4, -0.2) is 20.1 Å².